The van der Waals surface area contributed by atoms with Gasteiger partial charge in [0.15, 0.2) is 5.75 Å². The van der Waals surface area contributed by atoms with Crippen LogP contribution < -0.4 is 5.43 Å². The summed E-state index contributed by atoms with van der Waals surface area (Å²) in [5.41, 5.74) is 0.577. The predicted molar refractivity (Wildman–Crippen MR) is 85.2 cm³/mol. The Bertz CT molecular complexity index is 700. The van der Waals surface area contributed by atoms with Crippen LogP contribution in [0.3, 0.4) is 0 Å². The van der Waals surface area contributed by atoms with E-state index in [9.17, 15) is 15.0 Å². The van der Waals surface area contributed by atoms with Gasteiger partial charge in [0.05, 0.1) is 25.1 Å². The first-order valence-electron chi connectivity index (χ1n) is 7.99. The molecular formula is C17H22N2O4. The van der Waals surface area contributed by atoms with E-state index in [1.54, 1.807) is 16.9 Å². The quantitative estimate of drug-likeness (QED) is 0.877. The molecule has 0 unspecified atom stereocenters. The van der Waals surface area contributed by atoms with E-state index in [2.05, 4.69) is 4.90 Å². The van der Waals surface area contributed by atoms with E-state index in [1.165, 1.54) is 12.5 Å². The molecule has 2 N–H and O–H groups in total. The van der Waals surface area contributed by atoms with Crippen molar-refractivity contribution < 1.29 is 14.6 Å². The Hall–Kier alpha value is -2.05. The summed E-state index contributed by atoms with van der Waals surface area (Å²) in [5, 5.41) is 19.9. The zero-order chi connectivity index (χ0) is 16.2. The second-order valence-electron chi connectivity index (χ2n) is 5.96. The molecule has 1 aliphatic heterocycles. The fourth-order valence-electron chi connectivity index (χ4n) is 3.12. The van der Waals surface area contributed by atoms with Crippen molar-refractivity contribution in [2.75, 3.05) is 13.1 Å². The molecule has 6 nitrogen and oxygen atoms in total. The topological polar surface area (TPSA) is 78.8 Å². The first-order chi connectivity index (χ1) is 11.2. The maximum atomic E-state index is 12.0. The van der Waals surface area contributed by atoms with Gasteiger partial charge < -0.3 is 19.2 Å². The van der Waals surface area contributed by atoms with Gasteiger partial charge in [-0.15, -0.1) is 0 Å². The van der Waals surface area contributed by atoms with Crippen molar-refractivity contribution in [1.82, 2.24) is 9.47 Å². The maximum Gasteiger partial charge on any atom is 0.223 e. The highest BCUT2D eigenvalue weighted by molar-refractivity contribution is 5.30. The highest BCUT2D eigenvalue weighted by Crippen LogP contribution is 2.21. The van der Waals surface area contributed by atoms with Crippen molar-refractivity contribution in [3.05, 3.63) is 51.8 Å². The van der Waals surface area contributed by atoms with Gasteiger partial charge in [-0.3, -0.25) is 9.69 Å². The second kappa shape index (κ2) is 7.02. The highest BCUT2D eigenvalue weighted by atomic mass is 16.3. The first kappa shape index (κ1) is 15.8. The number of aliphatic hydroxyl groups excluding tert-OH is 1. The van der Waals surface area contributed by atoms with E-state index in [4.69, 9.17) is 4.42 Å². The minimum atomic E-state index is -0.447. The molecule has 1 saturated heterocycles. The summed E-state index contributed by atoms with van der Waals surface area (Å²) in [6.07, 6.45) is 5.06. The van der Waals surface area contributed by atoms with Gasteiger partial charge in [-0.1, -0.05) is 6.42 Å². The minimum Gasteiger partial charge on any atom is -0.503 e. The number of piperidine rings is 1. The van der Waals surface area contributed by atoms with E-state index in [1.807, 2.05) is 6.07 Å². The number of pyridine rings is 1. The van der Waals surface area contributed by atoms with Crippen molar-refractivity contribution in [3.63, 3.8) is 0 Å². The molecule has 6 heteroatoms. The summed E-state index contributed by atoms with van der Waals surface area (Å²) in [6.45, 7) is 2.52. The Morgan fingerprint density at radius 1 is 1.17 bits per heavy atom. The number of rotatable bonds is 5. The van der Waals surface area contributed by atoms with Crippen LogP contribution in [0.15, 0.2) is 33.7 Å². The zero-order valence-electron chi connectivity index (χ0n) is 13.1. The standard InChI is InChI=1S/C17H22N2O4/c20-12-13-9-16(21)17(22)15(11-18-6-2-1-3-7-18)19(13)10-14-5-4-8-23-14/h4-5,8-9,20,22H,1-3,6-7,10-12H2. The fourth-order valence-corrected chi connectivity index (χ4v) is 3.12. The Kier molecular flexibility index (Phi) is 4.83. The summed E-state index contributed by atoms with van der Waals surface area (Å²) >= 11 is 0. The molecule has 0 saturated carbocycles. The van der Waals surface area contributed by atoms with Crippen molar-refractivity contribution in [2.45, 2.75) is 39.0 Å². The summed E-state index contributed by atoms with van der Waals surface area (Å²) in [6, 6.07) is 4.92. The van der Waals surface area contributed by atoms with Gasteiger partial charge in [0.25, 0.3) is 0 Å². The molecule has 124 valence electrons. The summed E-state index contributed by atoms with van der Waals surface area (Å²) in [4.78, 5) is 14.2. The molecule has 2 aromatic heterocycles. The summed E-state index contributed by atoms with van der Waals surface area (Å²) in [5.74, 6) is 0.474. The van der Waals surface area contributed by atoms with Gasteiger partial charge >= 0.3 is 0 Å². The lowest BCUT2D eigenvalue weighted by molar-refractivity contribution is 0.209. The molecule has 0 aromatic carbocycles. The number of aromatic hydroxyl groups is 1. The van der Waals surface area contributed by atoms with Gasteiger partial charge in [0, 0.05) is 18.3 Å². The van der Waals surface area contributed by atoms with Crippen LogP contribution in [-0.4, -0.2) is 32.8 Å². The molecule has 2 aromatic rings. The van der Waals surface area contributed by atoms with E-state index in [0.717, 1.165) is 25.9 Å². The number of furan rings is 1. The number of likely N-dealkylation sites (tertiary alicyclic amines) is 1. The lowest BCUT2D eigenvalue weighted by Gasteiger charge is -2.28. The van der Waals surface area contributed by atoms with Crippen molar-refractivity contribution in [2.24, 2.45) is 0 Å². The van der Waals surface area contributed by atoms with Crippen LogP contribution in [-0.2, 0) is 19.7 Å². The van der Waals surface area contributed by atoms with Gasteiger partial charge in [0.2, 0.25) is 5.43 Å². The van der Waals surface area contributed by atoms with Gasteiger partial charge in [0.1, 0.15) is 5.76 Å². The summed E-state index contributed by atoms with van der Waals surface area (Å²) in [7, 11) is 0. The SMILES string of the molecule is O=c1cc(CO)n(Cc2ccco2)c(CN2CCCCC2)c1O. The molecule has 0 aliphatic carbocycles. The van der Waals surface area contributed by atoms with Gasteiger partial charge in [-0.05, 0) is 38.1 Å². The van der Waals surface area contributed by atoms with E-state index < -0.39 is 5.43 Å². The van der Waals surface area contributed by atoms with Gasteiger partial charge in [-0.25, -0.2) is 0 Å². The average molecular weight is 318 g/mol. The molecule has 3 rings (SSSR count). The number of hydrogen-bond acceptors (Lipinski definition) is 5. The van der Waals surface area contributed by atoms with Crippen LogP contribution >= 0.6 is 0 Å². The Labute approximate surface area is 134 Å². The number of aromatic nitrogens is 1. The average Bonchev–Trinajstić information content (AvgIpc) is 3.08. The highest BCUT2D eigenvalue weighted by Gasteiger charge is 2.19. The van der Waals surface area contributed by atoms with E-state index in [-0.39, 0.29) is 12.4 Å². The van der Waals surface area contributed by atoms with Gasteiger partial charge in [-0.2, -0.15) is 0 Å². The third-order valence-electron chi connectivity index (χ3n) is 4.36. The molecule has 0 amide bonds. The van der Waals surface area contributed by atoms with Crippen LogP contribution in [0.4, 0.5) is 0 Å². The Morgan fingerprint density at radius 2 is 1.96 bits per heavy atom. The molecule has 23 heavy (non-hydrogen) atoms. The van der Waals surface area contributed by atoms with Crippen molar-refractivity contribution in [1.29, 1.82) is 0 Å². The molecule has 0 atom stereocenters. The third kappa shape index (κ3) is 3.48. The largest absolute Gasteiger partial charge is 0.503 e. The molecule has 0 radical (unpaired) electrons. The smallest absolute Gasteiger partial charge is 0.223 e. The Morgan fingerprint density at radius 3 is 2.61 bits per heavy atom. The van der Waals surface area contributed by atoms with Crippen molar-refractivity contribution >= 4 is 0 Å². The monoisotopic (exact) mass is 318 g/mol. The lowest BCUT2D eigenvalue weighted by atomic mass is 10.1. The van der Waals surface area contributed by atoms with Crippen LogP contribution in [0.1, 0.15) is 36.4 Å². The van der Waals surface area contributed by atoms with E-state index in [0.29, 0.717) is 30.2 Å². The molecule has 3 heterocycles. The Balaban J connectivity index is 1.99. The number of nitrogens with zero attached hydrogens (tertiary/aromatic N) is 2. The van der Waals surface area contributed by atoms with E-state index >= 15 is 0 Å². The first-order valence-corrected chi connectivity index (χ1v) is 7.99. The number of aliphatic hydroxyl groups is 1. The lowest BCUT2D eigenvalue weighted by Crippen LogP contribution is -2.32. The predicted octanol–water partition coefficient (Wildman–Crippen LogP) is 1.67. The summed E-state index contributed by atoms with van der Waals surface area (Å²) < 4.78 is 7.16. The molecular weight excluding hydrogens is 296 g/mol. The zero-order valence-corrected chi connectivity index (χ0v) is 13.1. The normalized spacial score (nSPS) is 15.9. The third-order valence-corrected chi connectivity index (χ3v) is 4.36. The van der Waals surface area contributed by atoms with Crippen LogP contribution in [0, 0.1) is 0 Å². The number of hydrogen-bond donors (Lipinski definition) is 2. The van der Waals surface area contributed by atoms with Crippen molar-refractivity contribution in [3.8, 4) is 5.75 Å². The fraction of sp³-hybridized carbons (Fsp3) is 0.471. The van der Waals surface area contributed by atoms with Crippen LogP contribution in [0.5, 0.6) is 5.75 Å². The second-order valence-corrected chi connectivity index (χ2v) is 5.96. The van der Waals surface area contributed by atoms with Crippen LogP contribution in [0.2, 0.25) is 0 Å². The van der Waals surface area contributed by atoms with Crippen LogP contribution in [0.25, 0.3) is 0 Å². The minimum absolute atomic E-state index is 0.237. The molecule has 0 bridgehead atoms. The molecule has 1 aliphatic rings. The molecule has 1 fully saturated rings. The maximum absolute atomic E-state index is 12.0. The molecule has 0 spiro atoms.